The molecule has 1 saturated carbocycles. The number of ether oxygens (including phenoxy) is 2. The van der Waals surface area contributed by atoms with Gasteiger partial charge < -0.3 is 14.4 Å². The van der Waals surface area contributed by atoms with Crippen LogP contribution in [0.1, 0.15) is 54.6 Å². The smallest absolute Gasteiger partial charge is 0.410 e. The number of hydrogen-bond acceptors (Lipinski definition) is 4. The molecule has 0 N–H and O–H groups in total. The van der Waals surface area contributed by atoms with E-state index in [4.69, 9.17) is 9.47 Å². The summed E-state index contributed by atoms with van der Waals surface area (Å²) in [7, 11) is 1.36. The number of esters is 1. The lowest BCUT2D eigenvalue weighted by atomic mass is 10.1. The Morgan fingerprint density at radius 3 is 2.43 bits per heavy atom. The van der Waals surface area contributed by atoms with E-state index < -0.39 is 5.60 Å². The molecule has 2 atom stereocenters. The monoisotopic (exact) mass is 381 g/mol. The van der Waals surface area contributed by atoms with E-state index in [1.807, 2.05) is 45.0 Å². The lowest BCUT2D eigenvalue weighted by molar-refractivity contribution is 0.0212. The van der Waals surface area contributed by atoms with Gasteiger partial charge in [-0.05, 0) is 50.5 Å². The second-order valence-electron chi connectivity index (χ2n) is 8.12. The van der Waals surface area contributed by atoms with E-state index in [9.17, 15) is 9.59 Å². The highest BCUT2D eigenvalue weighted by molar-refractivity contribution is 5.89. The van der Waals surface area contributed by atoms with Crippen LogP contribution in [0.3, 0.4) is 0 Å². The van der Waals surface area contributed by atoms with Crippen molar-refractivity contribution in [3.05, 3.63) is 71.3 Å². The zero-order valence-corrected chi connectivity index (χ0v) is 16.8. The molecule has 5 heteroatoms. The molecule has 0 bridgehead atoms. The number of rotatable bonds is 5. The van der Waals surface area contributed by atoms with E-state index >= 15 is 0 Å². The van der Waals surface area contributed by atoms with Crippen LogP contribution in [0.5, 0.6) is 0 Å². The number of carbonyl (C=O) groups is 2. The summed E-state index contributed by atoms with van der Waals surface area (Å²) >= 11 is 0. The maximum Gasteiger partial charge on any atom is 0.410 e. The Kier molecular flexibility index (Phi) is 5.73. The molecular formula is C23H27NO4. The highest BCUT2D eigenvalue weighted by atomic mass is 16.6. The molecule has 148 valence electrons. The molecule has 1 amide bonds. The summed E-state index contributed by atoms with van der Waals surface area (Å²) in [6, 6.07) is 17.5. The molecule has 2 aromatic carbocycles. The summed E-state index contributed by atoms with van der Waals surface area (Å²) in [5.41, 5.74) is 2.00. The van der Waals surface area contributed by atoms with Gasteiger partial charge in [0.15, 0.2) is 0 Å². The van der Waals surface area contributed by atoms with E-state index in [2.05, 4.69) is 12.1 Å². The first-order valence-electron chi connectivity index (χ1n) is 9.50. The Morgan fingerprint density at radius 2 is 1.79 bits per heavy atom. The summed E-state index contributed by atoms with van der Waals surface area (Å²) in [4.78, 5) is 26.5. The molecule has 1 aliphatic carbocycles. The average Bonchev–Trinajstić information content (AvgIpc) is 3.45. The fraction of sp³-hybridized carbons (Fsp3) is 0.391. The Morgan fingerprint density at radius 1 is 1.07 bits per heavy atom. The van der Waals surface area contributed by atoms with Crippen molar-refractivity contribution in [2.24, 2.45) is 0 Å². The summed E-state index contributed by atoms with van der Waals surface area (Å²) < 4.78 is 10.5. The fourth-order valence-electron chi connectivity index (χ4n) is 3.33. The summed E-state index contributed by atoms with van der Waals surface area (Å²) in [5.74, 6) is -0.0863. The number of carbonyl (C=O) groups excluding carboxylic acids is 2. The Bertz CT molecular complexity index is 841. The van der Waals surface area contributed by atoms with E-state index in [0.717, 1.165) is 12.0 Å². The fourth-order valence-corrected chi connectivity index (χ4v) is 3.33. The van der Waals surface area contributed by atoms with Crippen LogP contribution in [0, 0.1) is 0 Å². The van der Waals surface area contributed by atoms with Crippen molar-refractivity contribution in [3.8, 4) is 0 Å². The minimum absolute atomic E-state index is 0.0824. The second-order valence-corrected chi connectivity index (χ2v) is 8.12. The molecule has 0 aromatic heterocycles. The highest BCUT2D eigenvalue weighted by Crippen LogP contribution is 2.45. The molecule has 1 fully saturated rings. The third-order valence-corrected chi connectivity index (χ3v) is 4.71. The number of nitrogens with zero attached hydrogens (tertiary/aromatic N) is 1. The molecule has 0 aliphatic heterocycles. The van der Waals surface area contributed by atoms with Gasteiger partial charge in [0.05, 0.1) is 12.7 Å². The average molecular weight is 381 g/mol. The predicted octanol–water partition coefficient (Wildman–Crippen LogP) is 4.77. The molecule has 1 aliphatic rings. The Labute approximate surface area is 166 Å². The molecule has 5 nitrogen and oxygen atoms in total. The molecule has 0 radical (unpaired) electrons. The van der Waals surface area contributed by atoms with Gasteiger partial charge in [0.1, 0.15) is 5.60 Å². The van der Waals surface area contributed by atoms with Gasteiger partial charge in [0, 0.05) is 18.5 Å². The lowest BCUT2D eigenvalue weighted by Crippen LogP contribution is -2.38. The van der Waals surface area contributed by atoms with Crippen molar-refractivity contribution in [1.29, 1.82) is 0 Å². The van der Waals surface area contributed by atoms with Crippen LogP contribution in [0.4, 0.5) is 4.79 Å². The molecule has 28 heavy (non-hydrogen) atoms. The minimum Gasteiger partial charge on any atom is -0.465 e. The molecule has 0 spiro atoms. The first kappa shape index (κ1) is 19.9. The largest absolute Gasteiger partial charge is 0.465 e. The van der Waals surface area contributed by atoms with Crippen LogP contribution in [0.25, 0.3) is 0 Å². The maximum absolute atomic E-state index is 12.9. The van der Waals surface area contributed by atoms with Crippen molar-refractivity contribution >= 4 is 12.1 Å². The standard InChI is InChI=1S/C23H27NO4/c1-23(2,3)28-22(26)24(20-14-19(20)17-10-6-5-7-11-17)15-16-9-8-12-18(13-16)21(25)27-4/h5-13,19-20H,14-15H2,1-4H3. The van der Waals surface area contributed by atoms with Crippen LogP contribution in [0.2, 0.25) is 0 Å². The van der Waals surface area contributed by atoms with Crippen molar-refractivity contribution in [2.45, 2.75) is 51.3 Å². The number of benzene rings is 2. The van der Waals surface area contributed by atoms with Crippen molar-refractivity contribution in [3.63, 3.8) is 0 Å². The molecular weight excluding hydrogens is 354 g/mol. The summed E-state index contributed by atoms with van der Waals surface area (Å²) in [6.45, 7) is 5.97. The van der Waals surface area contributed by atoms with Crippen molar-refractivity contribution in [2.75, 3.05) is 7.11 Å². The van der Waals surface area contributed by atoms with Gasteiger partial charge in [0.25, 0.3) is 0 Å². The normalized spacial score (nSPS) is 18.3. The van der Waals surface area contributed by atoms with Crippen LogP contribution in [-0.4, -0.2) is 35.7 Å². The van der Waals surface area contributed by atoms with Crippen LogP contribution in [-0.2, 0) is 16.0 Å². The topological polar surface area (TPSA) is 55.8 Å². The molecule has 3 rings (SSSR count). The van der Waals surface area contributed by atoms with E-state index in [-0.39, 0.29) is 18.1 Å². The van der Waals surface area contributed by atoms with Crippen molar-refractivity contribution in [1.82, 2.24) is 4.90 Å². The molecule has 0 heterocycles. The first-order valence-corrected chi connectivity index (χ1v) is 9.50. The molecule has 2 unspecified atom stereocenters. The summed E-state index contributed by atoms with van der Waals surface area (Å²) in [6.07, 6.45) is 0.569. The zero-order valence-electron chi connectivity index (χ0n) is 16.8. The van der Waals surface area contributed by atoms with Gasteiger partial charge in [-0.3, -0.25) is 0 Å². The Balaban J connectivity index is 1.81. The van der Waals surface area contributed by atoms with Crippen molar-refractivity contribution < 1.29 is 19.1 Å². The predicted molar refractivity (Wildman–Crippen MR) is 107 cm³/mol. The van der Waals surface area contributed by atoms with E-state index in [1.54, 1.807) is 23.1 Å². The summed E-state index contributed by atoms with van der Waals surface area (Å²) in [5, 5.41) is 0. The minimum atomic E-state index is -0.569. The maximum atomic E-state index is 12.9. The number of hydrogen-bond donors (Lipinski definition) is 0. The highest BCUT2D eigenvalue weighted by Gasteiger charge is 2.45. The SMILES string of the molecule is COC(=O)c1cccc(CN(C(=O)OC(C)(C)C)C2CC2c2ccccc2)c1. The Hall–Kier alpha value is -2.82. The van der Waals surface area contributed by atoms with Crippen LogP contribution < -0.4 is 0 Å². The van der Waals surface area contributed by atoms with Crippen LogP contribution >= 0.6 is 0 Å². The van der Waals surface area contributed by atoms with Gasteiger partial charge >= 0.3 is 12.1 Å². The van der Waals surface area contributed by atoms with Gasteiger partial charge in [0.2, 0.25) is 0 Å². The third-order valence-electron chi connectivity index (χ3n) is 4.71. The number of amides is 1. The first-order chi connectivity index (χ1) is 13.3. The molecule has 2 aromatic rings. The van der Waals surface area contributed by atoms with E-state index in [1.165, 1.54) is 12.7 Å². The molecule has 0 saturated heterocycles. The number of methoxy groups -OCH3 is 1. The third kappa shape index (κ3) is 4.91. The second kappa shape index (κ2) is 8.05. The lowest BCUT2D eigenvalue weighted by Gasteiger charge is -2.28. The van der Waals surface area contributed by atoms with Gasteiger partial charge in [-0.2, -0.15) is 0 Å². The van der Waals surface area contributed by atoms with Gasteiger partial charge in [-0.25, -0.2) is 9.59 Å². The van der Waals surface area contributed by atoms with Gasteiger partial charge in [-0.15, -0.1) is 0 Å². The zero-order chi connectivity index (χ0) is 20.3. The quantitative estimate of drug-likeness (QED) is 0.700. The van der Waals surface area contributed by atoms with Crippen LogP contribution in [0.15, 0.2) is 54.6 Å². The van der Waals surface area contributed by atoms with E-state index in [0.29, 0.717) is 18.0 Å². The van der Waals surface area contributed by atoms with Gasteiger partial charge in [-0.1, -0.05) is 42.5 Å².